The molecule has 188 valence electrons. The van der Waals surface area contributed by atoms with Crippen molar-refractivity contribution in [3.8, 4) is 28.6 Å². The van der Waals surface area contributed by atoms with Crippen LogP contribution < -0.4 is 9.47 Å². The van der Waals surface area contributed by atoms with Crippen molar-refractivity contribution in [1.29, 1.82) is 0 Å². The van der Waals surface area contributed by atoms with Gasteiger partial charge in [0.25, 0.3) is 0 Å². The standard InChI is InChI=1S/C30H35N3O3/c1-22(2)33(19-25(34)21-35-26-13-9-6-10-14-26)20-28-29(24-11-7-5-8-12-24)31-32(4)30(28)36-27-17-15-23(3)16-18-27/h5-18,22,25,34H,19-21H2,1-4H3. The van der Waals surface area contributed by atoms with Gasteiger partial charge < -0.3 is 14.6 Å². The molecule has 36 heavy (non-hydrogen) atoms. The molecule has 1 N–H and O–H groups in total. The Kier molecular flexibility index (Phi) is 8.41. The van der Waals surface area contributed by atoms with Gasteiger partial charge in [-0.15, -0.1) is 0 Å². The minimum Gasteiger partial charge on any atom is -0.491 e. The van der Waals surface area contributed by atoms with Crippen LogP contribution in [0.15, 0.2) is 84.9 Å². The van der Waals surface area contributed by atoms with Crippen LogP contribution in [0.5, 0.6) is 17.4 Å². The highest BCUT2D eigenvalue weighted by molar-refractivity contribution is 5.65. The number of aliphatic hydroxyl groups is 1. The Bertz CT molecular complexity index is 1220. The predicted molar refractivity (Wildman–Crippen MR) is 143 cm³/mol. The highest BCUT2D eigenvalue weighted by Crippen LogP contribution is 2.34. The van der Waals surface area contributed by atoms with Gasteiger partial charge in [0.1, 0.15) is 29.9 Å². The molecule has 0 aliphatic carbocycles. The van der Waals surface area contributed by atoms with Crippen LogP contribution in [-0.4, -0.2) is 45.1 Å². The lowest BCUT2D eigenvalue weighted by molar-refractivity contribution is 0.0541. The predicted octanol–water partition coefficient (Wildman–Crippen LogP) is 5.84. The highest BCUT2D eigenvalue weighted by Gasteiger charge is 2.24. The number of rotatable bonds is 11. The van der Waals surface area contributed by atoms with Gasteiger partial charge in [-0.05, 0) is 45.0 Å². The normalized spacial score (nSPS) is 12.2. The van der Waals surface area contributed by atoms with E-state index in [1.54, 1.807) is 4.68 Å². The fourth-order valence-corrected chi connectivity index (χ4v) is 4.06. The summed E-state index contributed by atoms with van der Waals surface area (Å²) in [5.41, 5.74) is 4.06. The van der Waals surface area contributed by atoms with Crippen molar-refractivity contribution in [2.75, 3.05) is 13.2 Å². The van der Waals surface area contributed by atoms with Crippen LogP contribution in [-0.2, 0) is 13.6 Å². The fraction of sp³-hybridized carbons (Fsp3) is 0.300. The maximum atomic E-state index is 10.8. The van der Waals surface area contributed by atoms with E-state index >= 15 is 0 Å². The summed E-state index contributed by atoms with van der Waals surface area (Å²) in [7, 11) is 1.90. The number of aliphatic hydroxyl groups excluding tert-OH is 1. The molecule has 1 atom stereocenters. The molecule has 0 amide bonds. The Morgan fingerprint density at radius 2 is 1.53 bits per heavy atom. The number of benzene rings is 3. The van der Waals surface area contributed by atoms with Gasteiger partial charge in [0.05, 0.1) is 5.56 Å². The quantitative estimate of drug-likeness (QED) is 0.289. The molecular formula is C30H35N3O3. The number of nitrogens with zero attached hydrogens (tertiary/aromatic N) is 3. The molecule has 1 aromatic heterocycles. The minimum absolute atomic E-state index is 0.187. The average Bonchev–Trinajstić information content (AvgIpc) is 3.19. The summed E-state index contributed by atoms with van der Waals surface area (Å²) in [6.07, 6.45) is -0.647. The Morgan fingerprint density at radius 3 is 2.17 bits per heavy atom. The first-order valence-corrected chi connectivity index (χ1v) is 12.4. The Hall–Kier alpha value is -3.61. The first-order valence-electron chi connectivity index (χ1n) is 12.4. The Labute approximate surface area is 213 Å². The van der Waals surface area contributed by atoms with Crippen molar-refractivity contribution >= 4 is 0 Å². The SMILES string of the molecule is Cc1ccc(Oc2c(CN(CC(O)COc3ccccc3)C(C)C)c(-c3ccccc3)nn2C)cc1. The number of aromatic nitrogens is 2. The van der Waals surface area contributed by atoms with E-state index in [-0.39, 0.29) is 12.6 Å². The third-order valence-electron chi connectivity index (χ3n) is 6.09. The third kappa shape index (κ3) is 6.53. The van der Waals surface area contributed by atoms with Crippen molar-refractivity contribution in [2.24, 2.45) is 7.05 Å². The van der Waals surface area contributed by atoms with E-state index < -0.39 is 6.10 Å². The second kappa shape index (κ2) is 11.9. The summed E-state index contributed by atoms with van der Waals surface area (Å²) in [5, 5.41) is 15.7. The molecule has 4 aromatic rings. The molecule has 0 saturated carbocycles. The first-order chi connectivity index (χ1) is 17.4. The number of ether oxygens (including phenoxy) is 2. The fourth-order valence-electron chi connectivity index (χ4n) is 4.06. The van der Waals surface area contributed by atoms with Crippen molar-refractivity contribution in [1.82, 2.24) is 14.7 Å². The van der Waals surface area contributed by atoms with E-state index in [0.717, 1.165) is 28.3 Å². The maximum Gasteiger partial charge on any atom is 0.222 e. The summed E-state index contributed by atoms with van der Waals surface area (Å²) in [4.78, 5) is 2.23. The van der Waals surface area contributed by atoms with Gasteiger partial charge in [-0.2, -0.15) is 5.10 Å². The summed E-state index contributed by atoms with van der Waals surface area (Å²) >= 11 is 0. The average molecular weight is 486 g/mol. The molecule has 1 heterocycles. The first kappa shape index (κ1) is 25.5. The number of para-hydroxylation sites is 1. The van der Waals surface area contributed by atoms with E-state index in [1.165, 1.54) is 5.56 Å². The number of hydrogen-bond acceptors (Lipinski definition) is 5. The summed E-state index contributed by atoms with van der Waals surface area (Å²) < 4.78 is 14.0. The molecule has 0 saturated heterocycles. The van der Waals surface area contributed by atoms with Crippen LogP contribution in [0.2, 0.25) is 0 Å². The van der Waals surface area contributed by atoms with Gasteiger partial charge >= 0.3 is 0 Å². The molecule has 6 nitrogen and oxygen atoms in total. The van der Waals surface area contributed by atoms with Crippen LogP contribution >= 0.6 is 0 Å². The van der Waals surface area contributed by atoms with Crippen LogP contribution in [0.1, 0.15) is 25.0 Å². The second-order valence-corrected chi connectivity index (χ2v) is 9.34. The number of aryl methyl sites for hydroxylation is 2. The van der Waals surface area contributed by atoms with Gasteiger partial charge in [-0.1, -0.05) is 66.2 Å². The van der Waals surface area contributed by atoms with Gasteiger partial charge in [-0.3, -0.25) is 4.90 Å². The van der Waals surface area contributed by atoms with E-state index in [9.17, 15) is 5.11 Å². The number of hydrogen-bond donors (Lipinski definition) is 1. The van der Waals surface area contributed by atoms with E-state index in [4.69, 9.17) is 14.6 Å². The molecule has 1 unspecified atom stereocenters. The molecular weight excluding hydrogens is 450 g/mol. The van der Waals surface area contributed by atoms with Gasteiger partial charge in [0.2, 0.25) is 5.88 Å². The van der Waals surface area contributed by atoms with E-state index in [2.05, 4.69) is 37.8 Å². The van der Waals surface area contributed by atoms with Crippen LogP contribution in [0.4, 0.5) is 0 Å². The molecule has 4 rings (SSSR count). The molecule has 0 fully saturated rings. The smallest absolute Gasteiger partial charge is 0.222 e. The largest absolute Gasteiger partial charge is 0.491 e. The zero-order valence-electron chi connectivity index (χ0n) is 21.5. The lowest BCUT2D eigenvalue weighted by atomic mass is 10.1. The van der Waals surface area contributed by atoms with Crippen LogP contribution in [0.3, 0.4) is 0 Å². The minimum atomic E-state index is -0.647. The van der Waals surface area contributed by atoms with Gasteiger partial charge in [-0.25, -0.2) is 4.68 Å². The Balaban J connectivity index is 1.59. The van der Waals surface area contributed by atoms with E-state index in [1.807, 2.05) is 79.8 Å². The molecule has 3 aromatic carbocycles. The summed E-state index contributed by atoms with van der Waals surface area (Å²) in [6, 6.07) is 27.9. The lowest BCUT2D eigenvalue weighted by Gasteiger charge is -2.29. The molecule has 0 radical (unpaired) electrons. The monoisotopic (exact) mass is 485 g/mol. The molecule has 0 bridgehead atoms. The highest BCUT2D eigenvalue weighted by atomic mass is 16.5. The van der Waals surface area contributed by atoms with Crippen molar-refractivity contribution in [2.45, 2.75) is 39.5 Å². The van der Waals surface area contributed by atoms with E-state index in [0.29, 0.717) is 19.0 Å². The topological polar surface area (TPSA) is 59.8 Å². The summed E-state index contributed by atoms with van der Waals surface area (Å²) in [5.74, 6) is 2.20. The molecule has 0 aliphatic heterocycles. The second-order valence-electron chi connectivity index (χ2n) is 9.34. The van der Waals surface area contributed by atoms with Gasteiger partial charge in [0.15, 0.2) is 0 Å². The van der Waals surface area contributed by atoms with Gasteiger partial charge in [0, 0.05) is 31.7 Å². The Morgan fingerprint density at radius 1 is 0.889 bits per heavy atom. The van der Waals surface area contributed by atoms with Crippen molar-refractivity contribution in [3.63, 3.8) is 0 Å². The maximum absolute atomic E-state index is 10.8. The van der Waals surface area contributed by atoms with Crippen LogP contribution in [0.25, 0.3) is 11.3 Å². The lowest BCUT2D eigenvalue weighted by Crippen LogP contribution is -2.39. The summed E-state index contributed by atoms with van der Waals surface area (Å²) in [6.45, 7) is 7.56. The molecule has 0 aliphatic rings. The molecule has 6 heteroatoms. The molecule has 0 spiro atoms. The van der Waals surface area contributed by atoms with Crippen molar-refractivity contribution < 1.29 is 14.6 Å². The zero-order chi connectivity index (χ0) is 25.5. The zero-order valence-corrected chi connectivity index (χ0v) is 21.5. The third-order valence-corrected chi connectivity index (χ3v) is 6.09. The van der Waals surface area contributed by atoms with Crippen molar-refractivity contribution in [3.05, 3.63) is 96.1 Å². The van der Waals surface area contributed by atoms with Crippen LogP contribution in [0, 0.1) is 6.92 Å².